The number of thioether (sulfide) groups is 1. The predicted octanol–water partition coefficient (Wildman–Crippen LogP) is 12.6. The van der Waals surface area contributed by atoms with E-state index in [1.54, 1.807) is 0 Å². The molecule has 0 aromatic rings. The minimum atomic E-state index is 0.438. The molecule has 2 fully saturated rings. The van der Waals surface area contributed by atoms with Crippen molar-refractivity contribution in [2.45, 2.75) is 182 Å². The largest absolute Gasteiger partial charge is 0.154 e. The van der Waals surface area contributed by atoms with E-state index in [1.807, 2.05) is 0 Å². The number of hydrogen-bond donors (Lipinski definition) is 0. The highest BCUT2D eigenvalue weighted by atomic mass is 32.2. The fourth-order valence-electron chi connectivity index (χ4n) is 8.69. The summed E-state index contributed by atoms with van der Waals surface area (Å²) < 4.78 is 0. The maximum Gasteiger partial charge on any atom is 0.0109 e. The first-order valence-corrected chi connectivity index (χ1v) is 18.1. The maximum absolute atomic E-state index is 2.61. The van der Waals surface area contributed by atoms with Crippen LogP contribution in [0.15, 0.2) is 0 Å². The Labute approximate surface area is 240 Å². The zero-order valence-electron chi connectivity index (χ0n) is 27.3. The molecule has 0 N–H and O–H groups in total. The van der Waals surface area contributed by atoms with Gasteiger partial charge in [0, 0.05) is 10.5 Å². The number of hydrogen-bond acceptors (Lipinski definition) is 1. The average Bonchev–Trinajstić information content (AvgIpc) is 2.86. The van der Waals surface area contributed by atoms with Gasteiger partial charge in [-0.2, -0.15) is 11.8 Å². The van der Waals surface area contributed by atoms with E-state index in [4.69, 9.17) is 0 Å². The van der Waals surface area contributed by atoms with Gasteiger partial charge in [-0.1, -0.05) is 133 Å². The summed E-state index contributed by atoms with van der Waals surface area (Å²) in [7, 11) is 0. The summed E-state index contributed by atoms with van der Waals surface area (Å²) in [6, 6.07) is 0. The summed E-state index contributed by atoms with van der Waals surface area (Å²) in [5.74, 6) is 5.44. The molecule has 220 valence electrons. The van der Waals surface area contributed by atoms with E-state index in [0.717, 1.165) is 46.0 Å². The Morgan fingerprint density at radius 2 is 0.919 bits per heavy atom. The van der Waals surface area contributed by atoms with Crippen LogP contribution >= 0.6 is 11.8 Å². The minimum absolute atomic E-state index is 0.438. The third kappa shape index (κ3) is 9.74. The van der Waals surface area contributed by atoms with E-state index in [9.17, 15) is 0 Å². The molecule has 37 heavy (non-hydrogen) atoms. The first-order valence-electron chi connectivity index (χ1n) is 17.1. The molecule has 0 aliphatic heterocycles. The average molecular weight is 535 g/mol. The Bertz CT molecular complexity index is 543. The van der Waals surface area contributed by atoms with Gasteiger partial charge < -0.3 is 0 Å². The molecule has 0 nitrogen and oxygen atoms in total. The Morgan fingerprint density at radius 1 is 0.568 bits per heavy atom. The number of rotatable bonds is 14. The van der Waals surface area contributed by atoms with Crippen LogP contribution in [-0.2, 0) is 0 Å². The molecule has 2 aliphatic rings. The van der Waals surface area contributed by atoms with Crippen molar-refractivity contribution in [3.8, 4) is 0 Å². The van der Waals surface area contributed by atoms with E-state index >= 15 is 0 Å². The summed E-state index contributed by atoms with van der Waals surface area (Å²) >= 11 is 2.61. The van der Waals surface area contributed by atoms with Crippen LogP contribution in [-0.4, -0.2) is 10.5 Å². The molecule has 8 atom stereocenters. The SMILES string of the molecule is CCCCC(CC)C(SC(C(CC)CCCC)C1CCCCC1C(C)(C)C)C1CCCCC1C(C)(C)C. The van der Waals surface area contributed by atoms with E-state index in [-0.39, 0.29) is 0 Å². The molecule has 0 saturated heterocycles. The second-order valence-corrected chi connectivity index (χ2v) is 16.9. The van der Waals surface area contributed by atoms with Crippen molar-refractivity contribution >= 4 is 11.8 Å². The fourth-order valence-corrected chi connectivity index (χ4v) is 11.2. The molecule has 0 amide bonds. The molecular formula is C36H70S. The van der Waals surface area contributed by atoms with Crippen LogP contribution in [0.3, 0.4) is 0 Å². The van der Waals surface area contributed by atoms with Crippen molar-refractivity contribution in [2.24, 2.45) is 46.3 Å². The van der Waals surface area contributed by atoms with Crippen molar-refractivity contribution in [1.29, 1.82) is 0 Å². The molecule has 8 unspecified atom stereocenters. The van der Waals surface area contributed by atoms with Gasteiger partial charge in [0.1, 0.15) is 0 Å². The van der Waals surface area contributed by atoms with E-state index in [1.165, 1.54) is 103 Å². The lowest BCUT2D eigenvalue weighted by atomic mass is 9.63. The maximum atomic E-state index is 2.61. The second-order valence-electron chi connectivity index (χ2n) is 15.5. The summed E-state index contributed by atoms with van der Waals surface area (Å²) in [5, 5.41) is 1.73. The van der Waals surface area contributed by atoms with E-state index in [2.05, 4.69) is 81.0 Å². The van der Waals surface area contributed by atoms with Crippen LogP contribution in [0.2, 0.25) is 0 Å². The van der Waals surface area contributed by atoms with Gasteiger partial charge in [-0.05, 0) is 84.9 Å². The van der Waals surface area contributed by atoms with E-state index < -0.39 is 0 Å². The first kappa shape index (κ1) is 33.6. The van der Waals surface area contributed by atoms with Crippen molar-refractivity contribution in [1.82, 2.24) is 0 Å². The van der Waals surface area contributed by atoms with Gasteiger partial charge in [0.05, 0.1) is 0 Å². The summed E-state index contributed by atoms with van der Waals surface area (Å²) in [5.41, 5.74) is 0.876. The molecule has 0 spiro atoms. The zero-order chi connectivity index (χ0) is 27.6. The molecule has 2 rings (SSSR count). The third-order valence-corrected chi connectivity index (χ3v) is 13.0. The molecule has 0 aromatic heterocycles. The topological polar surface area (TPSA) is 0 Å². The molecule has 0 aromatic carbocycles. The molecule has 0 bridgehead atoms. The molecule has 0 radical (unpaired) electrons. The Kier molecular flexibility index (Phi) is 14.5. The van der Waals surface area contributed by atoms with Gasteiger partial charge in [0.2, 0.25) is 0 Å². The van der Waals surface area contributed by atoms with Gasteiger partial charge in [0.15, 0.2) is 0 Å². The quantitative estimate of drug-likeness (QED) is 0.213. The third-order valence-electron chi connectivity index (χ3n) is 10.9. The standard InChI is InChI=1S/C36H70S/c1-11-15-21-27(13-3)33(29-23-17-19-25-31(29)35(5,6)7)37-34(28(14-4)22-16-12-2)30-24-18-20-26-32(30)36(8,9)10/h27-34H,11-26H2,1-10H3. The molecular weight excluding hydrogens is 464 g/mol. The monoisotopic (exact) mass is 535 g/mol. The first-order chi connectivity index (χ1) is 17.5. The van der Waals surface area contributed by atoms with Gasteiger partial charge in [-0.3, -0.25) is 0 Å². The van der Waals surface area contributed by atoms with Gasteiger partial charge in [-0.15, -0.1) is 0 Å². The van der Waals surface area contributed by atoms with Gasteiger partial charge >= 0.3 is 0 Å². The zero-order valence-corrected chi connectivity index (χ0v) is 28.2. The Morgan fingerprint density at radius 3 is 1.22 bits per heavy atom. The van der Waals surface area contributed by atoms with Crippen molar-refractivity contribution in [2.75, 3.05) is 0 Å². The summed E-state index contributed by atoms with van der Waals surface area (Å²) in [4.78, 5) is 0. The predicted molar refractivity (Wildman–Crippen MR) is 172 cm³/mol. The highest BCUT2D eigenvalue weighted by Gasteiger charge is 2.46. The van der Waals surface area contributed by atoms with Crippen LogP contribution in [0, 0.1) is 46.3 Å². The molecule has 2 saturated carbocycles. The Hall–Kier alpha value is 0.350. The second kappa shape index (κ2) is 16.0. The lowest BCUT2D eigenvalue weighted by Crippen LogP contribution is -2.44. The molecule has 2 aliphatic carbocycles. The van der Waals surface area contributed by atoms with Crippen molar-refractivity contribution < 1.29 is 0 Å². The van der Waals surface area contributed by atoms with Crippen LogP contribution in [0.1, 0.15) is 172 Å². The normalized spacial score (nSPS) is 29.0. The number of unbranched alkanes of at least 4 members (excludes halogenated alkanes) is 2. The van der Waals surface area contributed by atoms with Gasteiger partial charge in [-0.25, -0.2) is 0 Å². The highest BCUT2D eigenvalue weighted by molar-refractivity contribution is 8.00. The lowest BCUT2D eigenvalue weighted by Gasteiger charge is -2.50. The smallest absolute Gasteiger partial charge is 0.0109 e. The lowest BCUT2D eigenvalue weighted by molar-refractivity contribution is 0.0845. The van der Waals surface area contributed by atoms with E-state index in [0.29, 0.717) is 10.8 Å². The molecule has 1 heteroatoms. The highest BCUT2D eigenvalue weighted by Crippen LogP contribution is 2.54. The van der Waals surface area contributed by atoms with Crippen LogP contribution in [0.25, 0.3) is 0 Å². The van der Waals surface area contributed by atoms with Gasteiger partial charge in [0.25, 0.3) is 0 Å². The van der Waals surface area contributed by atoms with Crippen LogP contribution < -0.4 is 0 Å². The summed E-state index contributed by atoms with van der Waals surface area (Å²) in [6.07, 6.45) is 23.1. The minimum Gasteiger partial charge on any atom is -0.154 e. The Balaban J connectivity index is 2.53. The van der Waals surface area contributed by atoms with Crippen LogP contribution in [0.4, 0.5) is 0 Å². The summed E-state index contributed by atoms with van der Waals surface area (Å²) in [6.45, 7) is 25.3. The van der Waals surface area contributed by atoms with Crippen LogP contribution in [0.5, 0.6) is 0 Å². The van der Waals surface area contributed by atoms with Crippen molar-refractivity contribution in [3.05, 3.63) is 0 Å². The fraction of sp³-hybridized carbons (Fsp3) is 1.00. The molecule has 0 heterocycles. The van der Waals surface area contributed by atoms with Crippen molar-refractivity contribution in [3.63, 3.8) is 0 Å².